The molecule has 2 aromatic rings. The summed E-state index contributed by atoms with van der Waals surface area (Å²) in [6.07, 6.45) is 9.48. The average molecular weight is 264 g/mol. The van der Waals surface area contributed by atoms with Gasteiger partial charge in [-0.3, -0.25) is 4.98 Å². The van der Waals surface area contributed by atoms with E-state index in [-0.39, 0.29) is 0 Å². The molecule has 1 aliphatic carbocycles. The van der Waals surface area contributed by atoms with Gasteiger partial charge in [-0.1, -0.05) is 44.0 Å². The zero-order chi connectivity index (χ0) is 13.8. The van der Waals surface area contributed by atoms with E-state index >= 15 is 0 Å². The van der Waals surface area contributed by atoms with Gasteiger partial charge in [0.15, 0.2) is 0 Å². The van der Waals surface area contributed by atoms with E-state index in [2.05, 4.69) is 42.2 Å². The largest absolute Gasteiger partial charge is 0.261 e. The molecule has 1 heterocycles. The van der Waals surface area contributed by atoms with Gasteiger partial charge >= 0.3 is 0 Å². The van der Waals surface area contributed by atoms with Gasteiger partial charge in [0, 0.05) is 18.3 Å². The molecule has 1 fully saturated rings. The number of hydrogen-bond donors (Lipinski definition) is 0. The molecule has 1 heteroatoms. The molecule has 3 rings (SSSR count). The molecule has 0 amide bonds. The lowest BCUT2D eigenvalue weighted by Gasteiger charge is -2.15. The second-order valence-electron chi connectivity index (χ2n) is 6.00. The predicted molar refractivity (Wildman–Crippen MR) is 82.8 cm³/mol. The molecule has 0 aliphatic heterocycles. The standard InChI is InChI=1S/C19H22N/c1-2-3-11-19(12-13-19)17-9-7-16(8-10-17)15-18-6-4-5-14-20-18/h5-10,14H,2-3,11-13,15H2,1H3. The first kappa shape index (κ1) is 13.4. The van der Waals surface area contributed by atoms with Crippen LogP contribution in [-0.4, -0.2) is 4.98 Å². The molecule has 1 aromatic carbocycles. The zero-order valence-corrected chi connectivity index (χ0v) is 12.2. The van der Waals surface area contributed by atoms with Crippen molar-refractivity contribution in [2.24, 2.45) is 0 Å². The van der Waals surface area contributed by atoms with E-state index in [0.29, 0.717) is 5.41 Å². The highest BCUT2D eigenvalue weighted by molar-refractivity contribution is 5.34. The minimum atomic E-state index is 0.521. The highest BCUT2D eigenvalue weighted by atomic mass is 14.7. The van der Waals surface area contributed by atoms with Crippen LogP contribution in [0.5, 0.6) is 0 Å². The predicted octanol–water partition coefficient (Wildman–Crippen LogP) is 4.69. The van der Waals surface area contributed by atoms with Crippen LogP contribution in [-0.2, 0) is 11.8 Å². The summed E-state index contributed by atoms with van der Waals surface area (Å²) in [7, 11) is 0. The summed E-state index contributed by atoms with van der Waals surface area (Å²) in [5.41, 5.74) is 4.50. The third kappa shape index (κ3) is 2.92. The van der Waals surface area contributed by atoms with E-state index in [1.165, 1.54) is 37.7 Å². The fraction of sp³-hybridized carbons (Fsp3) is 0.421. The monoisotopic (exact) mass is 264 g/mol. The smallest absolute Gasteiger partial charge is 0.0453 e. The van der Waals surface area contributed by atoms with Crippen molar-refractivity contribution in [1.82, 2.24) is 4.98 Å². The van der Waals surface area contributed by atoms with Gasteiger partial charge < -0.3 is 0 Å². The van der Waals surface area contributed by atoms with Crippen LogP contribution >= 0.6 is 0 Å². The summed E-state index contributed by atoms with van der Waals surface area (Å²) in [5, 5.41) is 0. The van der Waals surface area contributed by atoms with Gasteiger partial charge in [0.1, 0.15) is 0 Å². The van der Waals surface area contributed by atoms with Crippen LogP contribution in [0.1, 0.15) is 55.8 Å². The first-order valence-electron chi connectivity index (χ1n) is 7.73. The minimum absolute atomic E-state index is 0.521. The lowest BCUT2D eigenvalue weighted by Crippen LogP contribution is -2.06. The third-order valence-electron chi connectivity index (χ3n) is 4.48. The van der Waals surface area contributed by atoms with Crippen molar-refractivity contribution in [3.05, 3.63) is 65.5 Å². The first-order chi connectivity index (χ1) is 9.82. The quantitative estimate of drug-likeness (QED) is 0.737. The maximum absolute atomic E-state index is 4.37. The van der Waals surface area contributed by atoms with E-state index in [9.17, 15) is 0 Å². The highest BCUT2D eigenvalue weighted by Crippen LogP contribution is 2.51. The Labute approximate surface area is 122 Å². The van der Waals surface area contributed by atoms with Gasteiger partial charge in [-0.2, -0.15) is 0 Å². The maximum atomic E-state index is 4.37. The highest BCUT2D eigenvalue weighted by Gasteiger charge is 2.42. The van der Waals surface area contributed by atoms with Crippen molar-refractivity contribution in [1.29, 1.82) is 0 Å². The van der Waals surface area contributed by atoms with Crippen LogP contribution in [0.4, 0.5) is 0 Å². The topological polar surface area (TPSA) is 12.9 Å². The number of benzene rings is 1. The zero-order valence-electron chi connectivity index (χ0n) is 12.2. The Hall–Kier alpha value is -1.63. The Morgan fingerprint density at radius 3 is 2.60 bits per heavy atom. The van der Waals surface area contributed by atoms with E-state index in [0.717, 1.165) is 12.1 Å². The summed E-state index contributed by atoms with van der Waals surface area (Å²) < 4.78 is 0. The van der Waals surface area contributed by atoms with E-state index in [1.54, 1.807) is 5.56 Å². The van der Waals surface area contributed by atoms with Gasteiger partial charge in [0.25, 0.3) is 0 Å². The molecule has 1 nitrogen and oxygen atoms in total. The van der Waals surface area contributed by atoms with Crippen LogP contribution in [0.25, 0.3) is 0 Å². The molecule has 20 heavy (non-hydrogen) atoms. The Morgan fingerprint density at radius 2 is 2.00 bits per heavy atom. The average Bonchev–Trinajstić information content (AvgIpc) is 3.28. The Balaban J connectivity index is 1.69. The summed E-state index contributed by atoms with van der Waals surface area (Å²) in [6.45, 7) is 2.28. The summed E-state index contributed by atoms with van der Waals surface area (Å²) >= 11 is 0. The summed E-state index contributed by atoms with van der Waals surface area (Å²) in [4.78, 5) is 4.37. The van der Waals surface area contributed by atoms with Crippen molar-refractivity contribution >= 4 is 0 Å². The van der Waals surface area contributed by atoms with E-state index in [4.69, 9.17) is 0 Å². The number of unbranched alkanes of at least 4 members (excludes halogenated alkanes) is 1. The maximum Gasteiger partial charge on any atom is 0.0453 e. The minimum Gasteiger partial charge on any atom is -0.261 e. The molecule has 0 saturated heterocycles. The van der Waals surface area contributed by atoms with Gasteiger partial charge in [-0.05, 0) is 54.0 Å². The lowest BCUT2D eigenvalue weighted by atomic mass is 9.89. The third-order valence-corrected chi connectivity index (χ3v) is 4.48. The second-order valence-corrected chi connectivity index (χ2v) is 6.00. The molecular formula is C19H22N. The van der Waals surface area contributed by atoms with Gasteiger partial charge in [-0.15, -0.1) is 0 Å². The Morgan fingerprint density at radius 1 is 1.20 bits per heavy atom. The van der Waals surface area contributed by atoms with Crippen molar-refractivity contribution in [3.63, 3.8) is 0 Å². The second kappa shape index (κ2) is 5.78. The summed E-state index contributed by atoms with van der Waals surface area (Å²) in [5.74, 6) is 0. The lowest BCUT2D eigenvalue weighted by molar-refractivity contribution is 0.575. The van der Waals surface area contributed by atoms with E-state index in [1.807, 2.05) is 18.3 Å². The van der Waals surface area contributed by atoms with Gasteiger partial charge in [-0.25, -0.2) is 0 Å². The van der Waals surface area contributed by atoms with Crippen LogP contribution in [0, 0.1) is 6.07 Å². The van der Waals surface area contributed by atoms with E-state index < -0.39 is 0 Å². The molecule has 1 saturated carbocycles. The Kier molecular flexibility index (Phi) is 3.86. The molecule has 1 radical (unpaired) electrons. The Bertz CT molecular complexity index is 538. The molecule has 0 N–H and O–H groups in total. The molecule has 1 aromatic heterocycles. The number of nitrogens with zero attached hydrogens (tertiary/aromatic N) is 1. The van der Waals surface area contributed by atoms with Gasteiger partial charge in [0.2, 0.25) is 0 Å². The molecule has 0 spiro atoms. The molecular weight excluding hydrogens is 242 g/mol. The number of rotatable bonds is 6. The fourth-order valence-corrected chi connectivity index (χ4v) is 2.99. The number of aromatic nitrogens is 1. The molecule has 0 bridgehead atoms. The van der Waals surface area contributed by atoms with Crippen molar-refractivity contribution in [3.8, 4) is 0 Å². The fourth-order valence-electron chi connectivity index (χ4n) is 2.99. The molecule has 0 atom stereocenters. The van der Waals surface area contributed by atoms with Crippen molar-refractivity contribution < 1.29 is 0 Å². The van der Waals surface area contributed by atoms with Crippen LogP contribution in [0.2, 0.25) is 0 Å². The molecule has 1 aliphatic rings. The SMILES string of the molecule is CCCCC1(c2ccc(Cc3c[c]ccn3)cc2)CC1. The molecule has 103 valence electrons. The van der Waals surface area contributed by atoms with Crippen LogP contribution < -0.4 is 0 Å². The normalized spacial score (nSPS) is 16.1. The first-order valence-corrected chi connectivity index (χ1v) is 7.73. The van der Waals surface area contributed by atoms with Crippen molar-refractivity contribution in [2.45, 2.75) is 50.9 Å². The summed E-state index contributed by atoms with van der Waals surface area (Å²) in [6, 6.07) is 16.1. The number of pyridine rings is 1. The molecule has 0 unspecified atom stereocenters. The van der Waals surface area contributed by atoms with Crippen molar-refractivity contribution in [2.75, 3.05) is 0 Å². The van der Waals surface area contributed by atoms with Crippen LogP contribution in [0.3, 0.4) is 0 Å². The number of hydrogen-bond acceptors (Lipinski definition) is 1. The van der Waals surface area contributed by atoms with Crippen LogP contribution in [0.15, 0.2) is 42.6 Å². The van der Waals surface area contributed by atoms with Gasteiger partial charge in [0.05, 0.1) is 0 Å².